The van der Waals surface area contributed by atoms with E-state index in [1.807, 2.05) is 0 Å². The van der Waals surface area contributed by atoms with E-state index in [0.29, 0.717) is 23.6 Å². The van der Waals surface area contributed by atoms with Gasteiger partial charge >= 0.3 is 11.7 Å². The van der Waals surface area contributed by atoms with Crippen LogP contribution < -0.4 is 5.69 Å². The molecule has 0 aliphatic carbocycles. The van der Waals surface area contributed by atoms with E-state index in [9.17, 15) is 9.59 Å². The van der Waals surface area contributed by atoms with E-state index < -0.39 is 5.97 Å². The molecule has 2 aromatic rings. The highest BCUT2D eigenvalue weighted by Gasteiger charge is 2.13. The van der Waals surface area contributed by atoms with Crippen molar-refractivity contribution in [3.05, 3.63) is 39.6 Å². The van der Waals surface area contributed by atoms with Crippen molar-refractivity contribution in [1.82, 2.24) is 24.7 Å². The van der Waals surface area contributed by atoms with Gasteiger partial charge in [0.05, 0.1) is 6.54 Å². The van der Waals surface area contributed by atoms with E-state index in [1.54, 1.807) is 13.8 Å². The van der Waals surface area contributed by atoms with E-state index in [-0.39, 0.29) is 18.7 Å². The summed E-state index contributed by atoms with van der Waals surface area (Å²) >= 11 is 0. The second-order valence-electron chi connectivity index (χ2n) is 4.46. The molecule has 0 bridgehead atoms. The number of carboxylic acid groups (broad SMARTS) is 1. The second-order valence-corrected chi connectivity index (χ2v) is 4.46. The van der Waals surface area contributed by atoms with Gasteiger partial charge in [-0.2, -0.15) is 10.1 Å². The second kappa shape index (κ2) is 5.64. The Morgan fingerprint density at radius 3 is 2.80 bits per heavy atom. The molecule has 2 aromatic heterocycles. The van der Waals surface area contributed by atoms with Gasteiger partial charge in [-0.15, -0.1) is 0 Å². The highest BCUT2D eigenvalue weighted by molar-refractivity contribution is 5.67. The van der Waals surface area contributed by atoms with Gasteiger partial charge in [0, 0.05) is 17.8 Å². The topological polar surface area (TPSA) is 114 Å². The van der Waals surface area contributed by atoms with Crippen molar-refractivity contribution in [3.8, 4) is 0 Å². The minimum absolute atomic E-state index is 0.00384. The first-order chi connectivity index (χ1) is 9.49. The quantitative estimate of drug-likeness (QED) is 0.797. The molecule has 0 saturated carbocycles. The maximum Gasteiger partial charge on any atom is 0.348 e. The minimum Gasteiger partial charge on any atom is -0.481 e. The fourth-order valence-electron chi connectivity index (χ4n) is 2.08. The first-order valence-corrected chi connectivity index (χ1v) is 6.12. The number of aromatic nitrogens is 5. The lowest BCUT2D eigenvalue weighted by Crippen LogP contribution is -2.28. The Bertz CT molecular complexity index is 675. The fraction of sp³-hybridized carbons (Fsp3) is 0.417. The SMILES string of the molecule is Cc1nc(=O)n(Cc2ncn[nH]2)c(C)c1CCC(=O)O. The van der Waals surface area contributed by atoms with Crippen molar-refractivity contribution in [2.75, 3.05) is 0 Å². The molecule has 2 rings (SSSR count). The average Bonchev–Trinajstić information content (AvgIpc) is 2.86. The van der Waals surface area contributed by atoms with Gasteiger partial charge in [0.25, 0.3) is 0 Å². The number of H-pyrrole nitrogens is 1. The third kappa shape index (κ3) is 2.90. The summed E-state index contributed by atoms with van der Waals surface area (Å²) in [6.07, 6.45) is 1.71. The Morgan fingerprint density at radius 1 is 1.45 bits per heavy atom. The smallest absolute Gasteiger partial charge is 0.348 e. The molecular weight excluding hydrogens is 262 g/mol. The largest absolute Gasteiger partial charge is 0.481 e. The lowest BCUT2D eigenvalue weighted by Gasteiger charge is -2.14. The number of nitrogens with zero attached hydrogens (tertiary/aromatic N) is 4. The van der Waals surface area contributed by atoms with Gasteiger partial charge in [-0.1, -0.05) is 0 Å². The highest BCUT2D eigenvalue weighted by atomic mass is 16.4. The molecule has 20 heavy (non-hydrogen) atoms. The number of hydrogen-bond acceptors (Lipinski definition) is 5. The van der Waals surface area contributed by atoms with Crippen molar-refractivity contribution >= 4 is 5.97 Å². The maximum absolute atomic E-state index is 12.0. The normalized spacial score (nSPS) is 10.7. The van der Waals surface area contributed by atoms with Crippen LogP contribution in [0.25, 0.3) is 0 Å². The molecule has 0 unspecified atom stereocenters. The molecule has 0 aromatic carbocycles. The molecule has 2 heterocycles. The molecule has 0 spiro atoms. The van der Waals surface area contributed by atoms with Gasteiger partial charge in [0.2, 0.25) is 0 Å². The van der Waals surface area contributed by atoms with E-state index in [4.69, 9.17) is 5.11 Å². The molecular formula is C12H15N5O3. The monoisotopic (exact) mass is 277 g/mol. The number of hydrogen-bond donors (Lipinski definition) is 2. The third-order valence-corrected chi connectivity index (χ3v) is 3.13. The Labute approximate surface area is 114 Å². The molecule has 0 aliphatic rings. The average molecular weight is 277 g/mol. The molecule has 106 valence electrons. The summed E-state index contributed by atoms with van der Waals surface area (Å²) < 4.78 is 1.46. The third-order valence-electron chi connectivity index (χ3n) is 3.13. The van der Waals surface area contributed by atoms with Crippen LogP contribution in [0.1, 0.15) is 29.2 Å². The van der Waals surface area contributed by atoms with Crippen LogP contribution in [0.2, 0.25) is 0 Å². The van der Waals surface area contributed by atoms with Gasteiger partial charge in [-0.3, -0.25) is 14.5 Å². The van der Waals surface area contributed by atoms with Crippen molar-refractivity contribution < 1.29 is 9.90 Å². The summed E-state index contributed by atoms with van der Waals surface area (Å²) in [6, 6.07) is 0. The molecule has 0 amide bonds. The zero-order valence-electron chi connectivity index (χ0n) is 11.3. The summed E-state index contributed by atoms with van der Waals surface area (Å²) in [6.45, 7) is 3.73. The molecule has 0 saturated heterocycles. The first kappa shape index (κ1) is 13.9. The van der Waals surface area contributed by atoms with Crippen LogP contribution in [0.3, 0.4) is 0 Å². The molecule has 8 nitrogen and oxygen atoms in total. The number of aromatic amines is 1. The number of carbonyl (C=O) groups is 1. The van der Waals surface area contributed by atoms with Crippen molar-refractivity contribution in [1.29, 1.82) is 0 Å². The van der Waals surface area contributed by atoms with Crippen LogP contribution in [0.4, 0.5) is 0 Å². The Morgan fingerprint density at radius 2 is 2.20 bits per heavy atom. The summed E-state index contributed by atoms with van der Waals surface area (Å²) in [5.74, 6) is -0.332. The fourth-order valence-corrected chi connectivity index (χ4v) is 2.08. The number of nitrogens with one attached hydrogen (secondary N) is 1. The van der Waals surface area contributed by atoms with Crippen LogP contribution in [0.5, 0.6) is 0 Å². The number of carboxylic acids is 1. The molecule has 0 fully saturated rings. The van der Waals surface area contributed by atoms with E-state index in [1.165, 1.54) is 10.9 Å². The van der Waals surface area contributed by atoms with Gasteiger partial charge < -0.3 is 5.11 Å². The summed E-state index contributed by atoms with van der Waals surface area (Å²) in [4.78, 5) is 30.6. The summed E-state index contributed by atoms with van der Waals surface area (Å²) in [7, 11) is 0. The molecule has 0 radical (unpaired) electrons. The maximum atomic E-state index is 12.0. The Kier molecular flexibility index (Phi) is 3.92. The predicted octanol–water partition coefficient (Wildman–Crippen LogP) is 0.0437. The van der Waals surface area contributed by atoms with E-state index in [0.717, 1.165) is 5.56 Å². The van der Waals surface area contributed by atoms with Crippen LogP contribution in [0, 0.1) is 13.8 Å². The Hall–Kier alpha value is -2.51. The zero-order chi connectivity index (χ0) is 14.7. The van der Waals surface area contributed by atoms with E-state index >= 15 is 0 Å². The van der Waals surface area contributed by atoms with Crippen LogP contribution in [0.15, 0.2) is 11.1 Å². The number of rotatable bonds is 5. The minimum atomic E-state index is -0.878. The lowest BCUT2D eigenvalue weighted by atomic mass is 10.1. The van der Waals surface area contributed by atoms with Crippen LogP contribution in [-0.2, 0) is 17.8 Å². The van der Waals surface area contributed by atoms with Crippen molar-refractivity contribution in [2.24, 2.45) is 0 Å². The van der Waals surface area contributed by atoms with Crippen LogP contribution in [-0.4, -0.2) is 35.8 Å². The van der Waals surface area contributed by atoms with Gasteiger partial charge in [0.15, 0.2) is 0 Å². The van der Waals surface area contributed by atoms with Crippen molar-refractivity contribution in [2.45, 2.75) is 33.2 Å². The number of aliphatic carboxylic acids is 1. The summed E-state index contributed by atoms with van der Waals surface area (Å²) in [5, 5.41) is 15.2. The van der Waals surface area contributed by atoms with E-state index in [2.05, 4.69) is 20.2 Å². The van der Waals surface area contributed by atoms with Gasteiger partial charge in [0.1, 0.15) is 12.2 Å². The zero-order valence-corrected chi connectivity index (χ0v) is 11.3. The number of aryl methyl sites for hydroxylation is 1. The summed E-state index contributed by atoms with van der Waals surface area (Å²) in [5.41, 5.74) is 1.68. The molecule has 0 aliphatic heterocycles. The first-order valence-electron chi connectivity index (χ1n) is 6.12. The molecule has 0 atom stereocenters. The standard InChI is InChI=1S/C12H15N5O3/c1-7-9(3-4-11(18)19)8(2)17(12(20)15-7)5-10-13-6-14-16-10/h6H,3-5H2,1-2H3,(H,18,19)(H,13,14,16). The Balaban J connectivity index is 2.38. The van der Waals surface area contributed by atoms with Crippen molar-refractivity contribution in [3.63, 3.8) is 0 Å². The molecule has 8 heteroatoms. The van der Waals surface area contributed by atoms with Gasteiger partial charge in [-0.25, -0.2) is 9.78 Å². The lowest BCUT2D eigenvalue weighted by molar-refractivity contribution is -0.136. The van der Waals surface area contributed by atoms with Crippen LogP contribution >= 0.6 is 0 Å². The highest BCUT2D eigenvalue weighted by Crippen LogP contribution is 2.12. The molecule has 2 N–H and O–H groups in total. The predicted molar refractivity (Wildman–Crippen MR) is 69.4 cm³/mol. The van der Waals surface area contributed by atoms with Gasteiger partial charge in [-0.05, 0) is 25.8 Å².